The number of aromatic nitrogens is 1. The molecule has 2 aromatic rings. The van der Waals surface area contributed by atoms with E-state index in [0.29, 0.717) is 21.7 Å². The first-order valence-electron chi connectivity index (χ1n) is 6.62. The van der Waals surface area contributed by atoms with Crippen LogP contribution in [0.4, 0.5) is 0 Å². The highest BCUT2D eigenvalue weighted by atomic mass is 35.5. The number of carboxylic acids is 1. The minimum absolute atomic E-state index is 0. The number of nitrogens with two attached hydrogens (primary N) is 1. The number of hydrogen-bond donors (Lipinski definition) is 2. The Labute approximate surface area is 145 Å². The molecule has 7 heteroatoms. The van der Waals surface area contributed by atoms with Crippen molar-refractivity contribution in [3.05, 3.63) is 52.8 Å². The van der Waals surface area contributed by atoms with Gasteiger partial charge in [-0.1, -0.05) is 17.7 Å². The predicted molar refractivity (Wildman–Crippen MR) is 90.7 cm³/mol. The normalized spacial score (nSPS) is 11.2. The maximum atomic E-state index is 10.9. The molecule has 0 aliphatic rings. The smallest absolute Gasteiger partial charge is 0.304 e. The number of nitrogens with zero attached hydrogens (tertiary/aromatic N) is 2. The first kappa shape index (κ1) is 18.9. The lowest BCUT2D eigenvalue weighted by molar-refractivity contribution is -0.137. The molecule has 0 unspecified atom stereocenters. The Morgan fingerprint density at radius 1 is 1.39 bits per heavy atom. The van der Waals surface area contributed by atoms with E-state index in [2.05, 4.69) is 4.98 Å². The molecule has 5 nitrogen and oxygen atoms in total. The van der Waals surface area contributed by atoms with E-state index in [1.54, 1.807) is 30.5 Å². The Morgan fingerprint density at radius 3 is 2.74 bits per heavy atom. The number of rotatable bonds is 5. The molecule has 1 atom stereocenters. The van der Waals surface area contributed by atoms with Crippen molar-refractivity contribution in [3.8, 4) is 17.2 Å². The zero-order valence-corrected chi connectivity index (χ0v) is 13.6. The highest BCUT2D eigenvalue weighted by Gasteiger charge is 2.16. The van der Waals surface area contributed by atoms with Gasteiger partial charge in [-0.15, -0.1) is 12.4 Å². The number of carbonyl (C=O) groups is 1. The van der Waals surface area contributed by atoms with Crippen LogP contribution in [0, 0.1) is 11.3 Å². The quantitative estimate of drug-likeness (QED) is 0.861. The van der Waals surface area contributed by atoms with E-state index in [1.165, 1.54) is 6.20 Å². The zero-order chi connectivity index (χ0) is 16.1. The van der Waals surface area contributed by atoms with Crippen LogP contribution in [0.2, 0.25) is 5.02 Å². The Balaban J connectivity index is 0.00000264. The van der Waals surface area contributed by atoms with E-state index in [-0.39, 0.29) is 31.3 Å². The molecule has 3 N–H and O–H groups in total. The predicted octanol–water partition coefficient (Wildman–Crippen LogP) is 3.21. The fourth-order valence-electron chi connectivity index (χ4n) is 2.21. The molecule has 0 aliphatic carbocycles. The van der Waals surface area contributed by atoms with Crippen LogP contribution in [0.25, 0.3) is 11.1 Å². The topological polar surface area (TPSA) is 100 Å². The van der Waals surface area contributed by atoms with Crippen LogP contribution in [0.5, 0.6) is 0 Å². The highest BCUT2D eigenvalue weighted by molar-refractivity contribution is 6.33. The summed E-state index contributed by atoms with van der Waals surface area (Å²) in [5.74, 6) is -1.19. The summed E-state index contributed by atoms with van der Waals surface area (Å²) in [6.45, 7) is 0.226. The summed E-state index contributed by atoms with van der Waals surface area (Å²) in [5, 5.41) is 18.4. The summed E-state index contributed by atoms with van der Waals surface area (Å²) in [5.41, 5.74) is 8.31. The van der Waals surface area contributed by atoms with Crippen molar-refractivity contribution >= 4 is 30.0 Å². The lowest BCUT2D eigenvalue weighted by Gasteiger charge is -2.15. The number of pyridine rings is 1. The third-order valence-corrected chi connectivity index (χ3v) is 3.68. The molecule has 0 saturated heterocycles. The van der Waals surface area contributed by atoms with Gasteiger partial charge in [-0.25, -0.2) is 0 Å². The SMILES string of the molecule is Cl.N#Cc1cncc(-c2cc([C@H](CN)CC(=O)O)ccc2Cl)c1. The second kappa shape index (κ2) is 8.49. The van der Waals surface area contributed by atoms with E-state index in [1.807, 2.05) is 6.07 Å². The second-order valence-electron chi connectivity index (χ2n) is 4.84. The number of aliphatic carboxylic acids is 1. The summed E-state index contributed by atoms with van der Waals surface area (Å²) < 4.78 is 0. The van der Waals surface area contributed by atoms with Crippen LogP contribution in [-0.4, -0.2) is 22.6 Å². The third kappa shape index (κ3) is 4.67. The Morgan fingerprint density at radius 2 is 2.13 bits per heavy atom. The van der Waals surface area contributed by atoms with Gasteiger partial charge in [0.15, 0.2) is 0 Å². The monoisotopic (exact) mass is 351 g/mol. The Bertz CT molecular complexity index is 744. The number of hydrogen-bond acceptors (Lipinski definition) is 4. The van der Waals surface area contributed by atoms with Crippen molar-refractivity contribution in [3.63, 3.8) is 0 Å². The van der Waals surface area contributed by atoms with Crippen molar-refractivity contribution in [2.24, 2.45) is 5.73 Å². The molecular formula is C16H15Cl2N3O2. The Kier molecular flexibility index (Phi) is 6.98. The van der Waals surface area contributed by atoms with Gasteiger partial charge in [0.25, 0.3) is 0 Å². The molecule has 0 bridgehead atoms. The van der Waals surface area contributed by atoms with E-state index in [9.17, 15) is 4.79 Å². The lowest BCUT2D eigenvalue weighted by Crippen LogP contribution is -2.16. The van der Waals surface area contributed by atoms with Crippen LogP contribution >= 0.6 is 24.0 Å². The van der Waals surface area contributed by atoms with Gasteiger partial charge < -0.3 is 10.8 Å². The summed E-state index contributed by atoms with van der Waals surface area (Å²) in [6, 6.07) is 9.00. The van der Waals surface area contributed by atoms with Crippen molar-refractivity contribution in [1.29, 1.82) is 5.26 Å². The molecule has 120 valence electrons. The first-order chi connectivity index (χ1) is 10.5. The standard InChI is InChI=1S/C16H14ClN3O2.ClH/c17-15-2-1-11(12(7-19)5-16(21)22)4-14(15)13-3-10(6-18)8-20-9-13;/h1-4,8-9,12H,5,7,19H2,(H,21,22);1H/t12-;/m0./s1. The van der Waals surface area contributed by atoms with E-state index in [4.69, 9.17) is 27.7 Å². The molecule has 0 fully saturated rings. The van der Waals surface area contributed by atoms with E-state index < -0.39 is 5.97 Å². The highest BCUT2D eigenvalue weighted by Crippen LogP contribution is 2.32. The maximum absolute atomic E-state index is 10.9. The average molecular weight is 352 g/mol. The van der Waals surface area contributed by atoms with E-state index in [0.717, 1.165) is 5.56 Å². The molecule has 0 spiro atoms. The number of carboxylic acid groups (broad SMARTS) is 1. The van der Waals surface area contributed by atoms with Crippen molar-refractivity contribution in [2.45, 2.75) is 12.3 Å². The van der Waals surface area contributed by atoms with Gasteiger partial charge >= 0.3 is 5.97 Å². The van der Waals surface area contributed by atoms with E-state index >= 15 is 0 Å². The van der Waals surface area contributed by atoms with Gasteiger partial charge in [-0.3, -0.25) is 9.78 Å². The molecule has 1 heterocycles. The fourth-order valence-corrected chi connectivity index (χ4v) is 2.44. The average Bonchev–Trinajstić information content (AvgIpc) is 2.53. The van der Waals surface area contributed by atoms with Crippen molar-refractivity contribution < 1.29 is 9.90 Å². The third-order valence-electron chi connectivity index (χ3n) is 3.35. The van der Waals surface area contributed by atoms with Crippen LogP contribution in [-0.2, 0) is 4.79 Å². The van der Waals surface area contributed by atoms with Gasteiger partial charge in [0.1, 0.15) is 6.07 Å². The summed E-state index contributed by atoms with van der Waals surface area (Å²) in [7, 11) is 0. The van der Waals surface area contributed by atoms with Gasteiger partial charge in [-0.2, -0.15) is 5.26 Å². The molecule has 23 heavy (non-hydrogen) atoms. The number of halogens is 2. The molecular weight excluding hydrogens is 337 g/mol. The zero-order valence-electron chi connectivity index (χ0n) is 12.1. The lowest BCUT2D eigenvalue weighted by atomic mass is 9.93. The van der Waals surface area contributed by atoms with Crippen molar-refractivity contribution in [1.82, 2.24) is 4.98 Å². The number of benzene rings is 1. The maximum Gasteiger partial charge on any atom is 0.304 e. The fraction of sp³-hybridized carbons (Fsp3) is 0.188. The largest absolute Gasteiger partial charge is 0.481 e. The van der Waals surface area contributed by atoms with Crippen LogP contribution in [0.3, 0.4) is 0 Å². The van der Waals surface area contributed by atoms with Gasteiger partial charge in [0.05, 0.1) is 12.0 Å². The molecule has 0 saturated carbocycles. The molecule has 0 amide bonds. The summed E-state index contributed by atoms with van der Waals surface area (Å²) in [4.78, 5) is 14.9. The molecule has 0 radical (unpaired) electrons. The van der Waals surface area contributed by atoms with Crippen LogP contribution < -0.4 is 5.73 Å². The molecule has 0 aliphatic heterocycles. The Hall–Kier alpha value is -2.13. The molecule has 1 aromatic heterocycles. The van der Waals surface area contributed by atoms with Gasteiger partial charge in [-0.05, 0) is 30.3 Å². The summed E-state index contributed by atoms with van der Waals surface area (Å²) in [6.07, 6.45) is 3.03. The van der Waals surface area contributed by atoms with Gasteiger partial charge in [0, 0.05) is 34.5 Å². The van der Waals surface area contributed by atoms with Gasteiger partial charge in [0.2, 0.25) is 0 Å². The second-order valence-corrected chi connectivity index (χ2v) is 5.25. The first-order valence-corrected chi connectivity index (χ1v) is 6.99. The van der Waals surface area contributed by atoms with Crippen LogP contribution in [0.1, 0.15) is 23.5 Å². The molecule has 2 rings (SSSR count). The minimum atomic E-state index is -0.903. The minimum Gasteiger partial charge on any atom is -0.481 e. The number of nitriles is 1. The van der Waals surface area contributed by atoms with Crippen molar-refractivity contribution in [2.75, 3.05) is 6.54 Å². The molecule has 1 aromatic carbocycles. The summed E-state index contributed by atoms with van der Waals surface area (Å²) >= 11 is 6.22. The van der Waals surface area contributed by atoms with Crippen LogP contribution in [0.15, 0.2) is 36.7 Å².